The number of amides is 1. The van der Waals surface area contributed by atoms with Gasteiger partial charge in [-0.25, -0.2) is 4.98 Å². The molecule has 3 aromatic rings. The zero-order chi connectivity index (χ0) is 21.1. The number of nitrogens with zero attached hydrogens (tertiary/aromatic N) is 2. The standard InChI is InChI=1S/C23H21F3N2OS/c24-23(25,26)20-19(30-21(27-20)18-9-5-2-6-10-18)22(29)28-13-11-17(12-14-28)15-16-7-3-1-4-8-16/h1-10,17H,11-15H2. The minimum absolute atomic E-state index is 0.213. The molecule has 0 unspecified atom stereocenters. The van der Waals surface area contributed by atoms with E-state index in [9.17, 15) is 18.0 Å². The van der Waals surface area contributed by atoms with E-state index in [-0.39, 0.29) is 9.88 Å². The first-order valence-electron chi connectivity index (χ1n) is 9.88. The van der Waals surface area contributed by atoms with Gasteiger partial charge in [0.15, 0.2) is 5.69 Å². The van der Waals surface area contributed by atoms with Crippen LogP contribution in [0.4, 0.5) is 13.2 Å². The molecule has 2 heterocycles. The van der Waals surface area contributed by atoms with Gasteiger partial charge < -0.3 is 4.90 Å². The number of alkyl halides is 3. The number of aromatic nitrogens is 1. The molecule has 0 radical (unpaired) electrons. The van der Waals surface area contributed by atoms with Crippen LogP contribution in [-0.4, -0.2) is 28.9 Å². The monoisotopic (exact) mass is 430 g/mol. The van der Waals surface area contributed by atoms with Crippen molar-refractivity contribution in [3.63, 3.8) is 0 Å². The maximum Gasteiger partial charge on any atom is 0.435 e. The summed E-state index contributed by atoms with van der Waals surface area (Å²) in [5, 5.41) is 0.213. The van der Waals surface area contributed by atoms with Gasteiger partial charge in [0.05, 0.1) is 0 Å². The van der Waals surface area contributed by atoms with Crippen LogP contribution in [0.25, 0.3) is 10.6 Å². The summed E-state index contributed by atoms with van der Waals surface area (Å²) in [6, 6.07) is 18.8. The number of likely N-dealkylation sites (tertiary alicyclic amines) is 1. The first kappa shape index (κ1) is 20.6. The molecule has 0 N–H and O–H groups in total. The Morgan fingerprint density at radius 3 is 2.20 bits per heavy atom. The minimum atomic E-state index is -4.67. The molecule has 1 aliphatic heterocycles. The van der Waals surface area contributed by atoms with Crippen LogP contribution >= 0.6 is 11.3 Å². The highest BCUT2D eigenvalue weighted by Crippen LogP contribution is 2.38. The third-order valence-electron chi connectivity index (χ3n) is 5.38. The van der Waals surface area contributed by atoms with Crippen LogP contribution in [0, 0.1) is 5.92 Å². The Hall–Kier alpha value is -2.67. The fraction of sp³-hybridized carbons (Fsp3) is 0.304. The van der Waals surface area contributed by atoms with Gasteiger partial charge in [0.1, 0.15) is 9.88 Å². The lowest BCUT2D eigenvalue weighted by Gasteiger charge is -2.32. The van der Waals surface area contributed by atoms with Gasteiger partial charge in [-0.3, -0.25) is 4.79 Å². The topological polar surface area (TPSA) is 33.2 Å². The molecule has 156 valence electrons. The van der Waals surface area contributed by atoms with Crippen molar-refractivity contribution in [1.29, 1.82) is 0 Å². The molecule has 1 aliphatic rings. The van der Waals surface area contributed by atoms with Crippen molar-refractivity contribution in [2.24, 2.45) is 5.92 Å². The van der Waals surface area contributed by atoms with Crippen LogP contribution < -0.4 is 0 Å². The van der Waals surface area contributed by atoms with E-state index in [2.05, 4.69) is 17.1 Å². The molecule has 0 atom stereocenters. The lowest BCUT2D eigenvalue weighted by Crippen LogP contribution is -2.39. The average Bonchev–Trinajstić information content (AvgIpc) is 3.21. The van der Waals surface area contributed by atoms with Crippen molar-refractivity contribution in [1.82, 2.24) is 9.88 Å². The number of benzene rings is 2. The summed E-state index contributed by atoms with van der Waals surface area (Å²) in [5.41, 5.74) is 0.743. The Balaban J connectivity index is 1.50. The molecule has 0 bridgehead atoms. The predicted molar refractivity (Wildman–Crippen MR) is 111 cm³/mol. The predicted octanol–water partition coefficient (Wildman–Crippen LogP) is 5.92. The van der Waals surface area contributed by atoms with Crippen LogP contribution in [-0.2, 0) is 12.6 Å². The Morgan fingerprint density at radius 1 is 1.00 bits per heavy atom. The summed E-state index contributed by atoms with van der Waals surface area (Å²) in [6.45, 7) is 0.929. The molecule has 1 saturated heterocycles. The second kappa shape index (κ2) is 8.60. The summed E-state index contributed by atoms with van der Waals surface area (Å²) < 4.78 is 40.7. The van der Waals surface area contributed by atoms with Crippen LogP contribution in [0.2, 0.25) is 0 Å². The normalized spacial score (nSPS) is 15.4. The maximum atomic E-state index is 13.6. The van der Waals surface area contributed by atoms with Gasteiger partial charge in [-0.2, -0.15) is 13.2 Å². The summed E-state index contributed by atoms with van der Waals surface area (Å²) >= 11 is 0.822. The Morgan fingerprint density at radius 2 is 1.60 bits per heavy atom. The van der Waals surface area contributed by atoms with E-state index in [1.807, 2.05) is 18.2 Å². The van der Waals surface area contributed by atoms with E-state index in [0.717, 1.165) is 30.6 Å². The summed E-state index contributed by atoms with van der Waals surface area (Å²) in [6.07, 6.45) is -2.17. The van der Waals surface area contributed by atoms with Crippen molar-refractivity contribution >= 4 is 17.2 Å². The van der Waals surface area contributed by atoms with Crippen molar-refractivity contribution in [2.45, 2.75) is 25.4 Å². The summed E-state index contributed by atoms with van der Waals surface area (Å²) in [4.78, 5) is 18.0. The van der Waals surface area contributed by atoms with Gasteiger partial charge in [0, 0.05) is 18.7 Å². The lowest BCUT2D eigenvalue weighted by atomic mass is 9.90. The number of piperidine rings is 1. The van der Waals surface area contributed by atoms with Crippen LogP contribution in [0.5, 0.6) is 0 Å². The molecule has 1 fully saturated rings. The zero-order valence-electron chi connectivity index (χ0n) is 16.2. The molecular weight excluding hydrogens is 409 g/mol. The fourth-order valence-electron chi connectivity index (χ4n) is 3.79. The second-order valence-corrected chi connectivity index (χ2v) is 8.48. The van der Waals surface area contributed by atoms with E-state index in [0.29, 0.717) is 24.6 Å². The van der Waals surface area contributed by atoms with Gasteiger partial charge in [-0.15, -0.1) is 11.3 Å². The van der Waals surface area contributed by atoms with Crippen LogP contribution in [0.15, 0.2) is 60.7 Å². The van der Waals surface area contributed by atoms with Crippen molar-refractivity contribution in [3.8, 4) is 10.6 Å². The smallest absolute Gasteiger partial charge is 0.338 e. The third kappa shape index (κ3) is 4.56. The van der Waals surface area contributed by atoms with Gasteiger partial charge >= 0.3 is 6.18 Å². The number of thiazole rings is 1. The van der Waals surface area contributed by atoms with Gasteiger partial charge in [-0.05, 0) is 30.7 Å². The maximum absolute atomic E-state index is 13.6. The fourth-order valence-corrected chi connectivity index (χ4v) is 4.85. The number of carbonyl (C=O) groups excluding carboxylic acids is 1. The summed E-state index contributed by atoms with van der Waals surface area (Å²) in [7, 11) is 0. The molecule has 3 nitrogen and oxygen atoms in total. The lowest BCUT2D eigenvalue weighted by molar-refractivity contribution is -0.141. The number of rotatable bonds is 4. The SMILES string of the molecule is O=C(c1sc(-c2ccccc2)nc1C(F)(F)F)N1CCC(Cc2ccccc2)CC1. The van der Waals surface area contributed by atoms with Crippen molar-refractivity contribution < 1.29 is 18.0 Å². The third-order valence-corrected chi connectivity index (χ3v) is 6.47. The molecule has 0 spiro atoms. The first-order chi connectivity index (χ1) is 14.4. The van der Waals surface area contributed by atoms with Crippen LogP contribution in [0.1, 0.15) is 33.8 Å². The van der Waals surface area contributed by atoms with Gasteiger partial charge in [0.2, 0.25) is 0 Å². The van der Waals surface area contributed by atoms with E-state index in [1.165, 1.54) is 5.56 Å². The highest BCUT2D eigenvalue weighted by molar-refractivity contribution is 7.17. The van der Waals surface area contributed by atoms with Crippen molar-refractivity contribution in [3.05, 3.63) is 76.8 Å². The molecule has 2 aromatic carbocycles. The Bertz CT molecular complexity index is 994. The largest absolute Gasteiger partial charge is 0.435 e. The van der Waals surface area contributed by atoms with E-state index < -0.39 is 17.8 Å². The minimum Gasteiger partial charge on any atom is -0.338 e. The van der Waals surface area contributed by atoms with E-state index in [4.69, 9.17) is 0 Å². The number of hydrogen-bond acceptors (Lipinski definition) is 3. The van der Waals surface area contributed by atoms with Crippen molar-refractivity contribution in [2.75, 3.05) is 13.1 Å². The molecule has 0 aliphatic carbocycles. The highest BCUT2D eigenvalue weighted by atomic mass is 32.1. The molecule has 0 saturated carbocycles. The Kier molecular flexibility index (Phi) is 5.90. The number of hydrogen-bond donors (Lipinski definition) is 0. The number of carbonyl (C=O) groups is 1. The van der Waals surface area contributed by atoms with Crippen LogP contribution in [0.3, 0.4) is 0 Å². The molecule has 4 rings (SSSR count). The quantitative estimate of drug-likeness (QED) is 0.514. The van der Waals surface area contributed by atoms with Gasteiger partial charge in [0.25, 0.3) is 5.91 Å². The highest BCUT2D eigenvalue weighted by Gasteiger charge is 2.41. The first-order valence-corrected chi connectivity index (χ1v) is 10.7. The van der Waals surface area contributed by atoms with Gasteiger partial charge in [-0.1, -0.05) is 60.7 Å². The average molecular weight is 430 g/mol. The zero-order valence-corrected chi connectivity index (χ0v) is 17.0. The Labute approximate surface area is 177 Å². The van der Waals surface area contributed by atoms with E-state index >= 15 is 0 Å². The molecule has 1 aromatic heterocycles. The molecule has 30 heavy (non-hydrogen) atoms. The molecular formula is C23H21F3N2OS. The summed E-state index contributed by atoms with van der Waals surface area (Å²) in [5.74, 6) is -0.139. The van der Waals surface area contributed by atoms with E-state index in [1.54, 1.807) is 35.2 Å². The molecule has 7 heteroatoms. The second-order valence-electron chi connectivity index (χ2n) is 7.49. The number of halogens is 3. The molecule has 1 amide bonds.